The van der Waals surface area contributed by atoms with E-state index >= 15 is 0 Å². The molecule has 7 heteroatoms. The first-order chi connectivity index (χ1) is 14.0. The highest BCUT2D eigenvalue weighted by Crippen LogP contribution is 2.27. The second-order valence-corrected chi connectivity index (χ2v) is 6.93. The van der Waals surface area contributed by atoms with Gasteiger partial charge in [-0.25, -0.2) is 4.39 Å². The van der Waals surface area contributed by atoms with E-state index in [4.69, 9.17) is 9.47 Å². The van der Waals surface area contributed by atoms with E-state index in [2.05, 4.69) is 0 Å². The lowest BCUT2D eigenvalue weighted by atomic mass is 10.1. The summed E-state index contributed by atoms with van der Waals surface area (Å²) in [5.41, 5.74) is 1.63. The number of ether oxygens (including phenoxy) is 2. The van der Waals surface area contributed by atoms with Gasteiger partial charge in [0.2, 0.25) is 11.8 Å². The number of hydrogen-bond donors (Lipinski definition) is 0. The van der Waals surface area contributed by atoms with E-state index in [9.17, 15) is 14.0 Å². The fourth-order valence-corrected chi connectivity index (χ4v) is 3.37. The molecule has 0 bridgehead atoms. The quantitative estimate of drug-likeness (QED) is 0.747. The molecule has 2 amide bonds. The molecule has 0 unspecified atom stereocenters. The Morgan fingerprint density at radius 2 is 1.28 bits per heavy atom. The predicted molar refractivity (Wildman–Crippen MR) is 107 cm³/mol. The van der Waals surface area contributed by atoms with Crippen molar-refractivity contribution in [3.63, 3.8) is 0 Å². The molecule has 2 aromatic carbocycles. The zero-order chi connectivity index (χ0) is 20.8. The number of rotatable bonds is 6. The molecule has 1 saturated heterocycles. The number of hydrogen-bond acceptors (Lipinski definition) is 4. The highest BCUT2D eigenvalue weighted by molar-refractivity contribution is 5.81. The minimum atomic E-state index is -0.317. The van der Waals surface area contributed by atoms with Gasteiger partial charge in [0.25, 0.3) is 0 Å². The molecule has 6 nitrogen and oxygen atoms in total. The minimum Gasteiger partial charge on any atom is -0.493 e. The van der Waals surface area contributed by atoms with E-state index in [1.165, 1.54) is 12.1 Å². The van der Waals surface area contributed by atoms with Crippen LogP contribution in [0, 0.1) is 5.82 Å². The Bertz CT molecular complexity index is 862. The maximum absolute atomic E-state index is 13.0. The smallest absolute Gasteiger partial charge is 0.227 e. The highest BCUT2D eigenvalue weighted by atomic mass is 19.1. The van der Waals surface area contributed by atoms with Gasteiger partial charge in [0.05, 0.1) is 27.1 Å². The second-order valence-electron chi connectivity index (χ2n) is 6.93. The van der Waals surface area contributed by atoms with E-state index in [1.54, 1.807) is 48.3 Å². The Labute approximate surface area is 169 Å². The maximum Gasteiger partial charge on any atom is 0.227 e. The molecule has 0 radical (unpaired) electrons. The minimum absolute atomic E-state index is 0.0106. The van der Waals surface area contributed by atoms with Crippen molar-refractivity contribution in [2.75, 3.05) is 40.4 Å². The molecular weight excluding hydrogens is 375 g/mol. The third-order valence-corrected chi connectivity index (χ3v) is 5.06. The molecule has 3 rings (SSSR count). The molecule has 1 fully saturated rings. The standard InChI is InChI=1S/C22H25FN2O4/c1-28-19-8-5-17(13-20(19)29-2)15-22(27)25-11-9-24(10-12-25)21(26)14-16-3-6-18(23)7-4-16/h3-8,13H,9-12,14-15H2,1-2H3. The van der Waals surface area contributed by atoms with Crippen molar-refractivity contribution in [1.29, 1.82) is 0 Å². The Hall–Kier alpha value is -3.09. The van der Waals surface area contributed by atoms with Gasteiger partial charge in [-0.15, -0.1) is 0 Å². The number of benzene rings is 2. The average molecular weight is 400 g/mol. The van der Waals surface area contributed by atoms with Crippen LogP contribution in [0.4, 0.5) is 4.39 Å². The van der Waals surface area contributed by atoms with Crippen LogP contribution in [-0.2, 0) is 22.4 Å². The maximum atomic E-state index is 13.0. The lowest BCUT2D eigenvalue weighted by molar-refractivity contribution is -0.138. The number of piperazine rings is 1. The molecule has 0 spiro atoms. The summed E-state index contributed by atoms with van der Waals surface area (Å²) >= 11 is 0. The van der Waals surface area contributed by atoms with E-state index in [0.717, 1.165) is 11.1 Å². The summed E-state index contributed by atoms with van der Waals surface area (Å²) < 4.78 is 23.5. The highest BCUT2D eigenvalue weighted by Gasteiger charge is 2.24. The number of amides is 2. The number of nitrogens with zero attached hydrogens (tertiary/aromatic N) is 2. The molecular formula is C22H25FN2O4. The van der Waals surface area contributed by atoms with Crippen LogP contribution in [0.5, 0.6) is 11.5 Å². The third-order valence-electron chi connectivity index (χ3n) is 5.06. The Morgan fingerprint density at radius 1 is 0.793 bits per heavy atom. The van der Waals surface area contributed by atoms with Crippen LogP contribution in [0.15, 0.2) is 42.5 Å². The number of halogens is 1. The van der Waals surface area contributed by atoms with Gasteiger partial charge in [0.1, 0.15) is 5.82 Å². The molecule has 0 saturated carbocycles. The van der Waals surface area contributed by atoms with Gasteiger partial charge in [-0.1, -0.05) is 18.2 Å². The zero-order valence-electron chi connectivity index (χ0n) is 16.7. The van der Waals surface area contributed by atoms with E-state index in [-0.39, 0.29) is 30.5 Å². The van der Waals surface area contributed by atoms with E-state index in [0.29, 0.717) is 37.7 Å². The predicted octanol–water partition coefficient (Wildman–Crippen LogP) is 2.30. The zero-order valence-corrected chi connectivity index (χ0v) is 16.7. The van der Waals surface area contributed by atoms with Crippen LogP contribution in [0.3, 0.4) is 0 Å². The van der Waals surface area contributed by atoms with Crippen LogP contribution in [-0.4, -0.2) is 62.0 Å². The molecule has 29 heavy (non-hydrogen) atoms. The van der Waals surface area contributed by atoms with Crippen molar-refractivity contribution < 1.29 is 23.5 Å². The van der Waals surface area contributed by atoms with Crippen molar-refractivity contribution in [3.05, 3.63) is 59.4 Å². The monoisotopic (exact) mass is 400 g/mol. The fraction of sp³-hybridized carbons (Fsp3) is 0.364. The largest absolute Gasteiger partial charge is 0.493 e. The molecule has 1 aliphatic heterocycles. The molecule has 2 aromatic rings. The molecule has 0 aliphatic carbocycles. The average Bonchev–Trinajstić information content (AvgIpc) is 2.75. The van der Waals surface area contributed by atoms with Crippen LogP contribution in [0.25, 0.3) is 0 Å². The van der Waals surface area contributed by atoms with Gasteiger partial charge in [-0.3, -0.25) is 9.59 Å². The van der Waals surface area contributed by atoms with Gasteiger partial charge < -0.3 is 19.3 Å². The molecule has 0 N–H and O–H groups in total. The van der Waals surface area contributed by atoms with Crippen molar-refractivity contribution in [1.82, 2.24) is 9.80 Å². The lowest BCUT2D eigenvalue weighted by Gasteiger charge is -2.35. The van der Waals surface area contributed by atoms with Crippen molar-refractivity contribution in [2.24, 2.45) is 0 Å². The fourth-order valence-electron chi connectivity index (χ4n) is 3.37. The van der Waals surface area contributed by atoms with Crippen molar-refractivity contribution in [3.8, 4) is 11.5 Å². The van der Waals surface area contributed by atoms with Crippen LogP contribution in [0.1, 0.15) is 11.1 Å². The van der Waals surface area contributed by atoms with Crippen LogP contribution < -0.4 is 9.47 Å². The van der Waals surface area contributed by atoms with Gasteiger partial charge in [0.15, 0.2) is 11.5 Å². The summed E-state index contributed by atoms with van der Waals surface area (Å²) in [5, 5.41) is 0. The summed E-state index contributed by atoms with van der Waals surface area (Å²) in [4.78, 5) is 28.6. The van der Waals surface area contributed by atoms with Crippen LogP contribution in [0.2, 0.25) is 0 Å². The van der Waals surface area contributed by atoms with Crippen LogP contribution >= 0.6 is 0 Å². The van der Waals surface area contributed by atoms with Crippen molar-refractivity contribution >= 4 is 11.8 Å². The summed E-state index contributed by atoms with van der Waals surface area (Å²) in [6, 6.07) is 11.4. The molecule has 1 aliphatic rings. The normalized spacial score (nSPS) is 13.9. The van der Waals surface area contributed by atoms with Gasteiger partial charge in [-0.05, 0) is 35.4 Å². The Kier molecular flexibility index (Phi) is 6.69. The first-order valence-electron chi connectivity index (χ1n) is 9.51. The lowest BCUT2D eigenvalue weighted by Crippen LogP contribution is -2.51. The Balaban J connectivity index is 1.51. The molecule has 0 atom stereocenters. The SMILES string of the molecule is COc1ccc(CC(=O)N2CCN(C(=O)Cc3ccc(F)cc3)CC2)cc1OC. The first-order valence-corrected chi connectivity index (χ1v) is 9.51. The molecule has 1 heterocycles. The summed E-state index contributed by atoms with van der Waals surface area (Å²) in [7, 11) is 3.13. The number of carbonyl (C=O) groups excluding carboxylic acids is 2. The second kappa shape index (κ2) is 9.41. The number of methoxy groups -OCH3 is 2. The van der Waals surface area contributed by atoms with E-state index in [1.807, 2.05) is 6.07 Å². The summed E-state index contributed by atoms with van der Waals surface area (Å²) in [5.74, 6) is 0.903. The van der Waals surface area contributed by atoms with Gasteiger partial charge in [-0.2, -0.15) is 0 Å². The van der Waals surface area contributed by atoms with Gasteiger partial charge >= 0.3 is 0 Å². The van der Waals surface area contributed by atoms with Gasteiger partial charge in [0, 0.05) is 26.2 Å². The topological polar surface area (TPSA) is 59.1 Å². The number of carbonyl (C=O) groups is 2. The first kappa shape index (κ1) is 20.6. The van der Waals surface area contributed by atoms with Crippen molar-refractivity contribution in [2.45, 2.75) is 12.8 Å². The van der Waals surface area contributed by atoms with E-state index < -0.39 is 0 Å². The Morgan fingerprint density at radius 3 is 1.79 bits per heavy atom. The molecule has 154 valence electrons. The summed E-state index contributed by atoms with van der Waals surface area (Å²) in [6.07, 6.45) is 0.504. The molecule has 0 aromatic heterocycles. The summed E-state index contributed by atoms with van der Waals surface area (Å²) in [6.45, 7) is 2.00. The third kappa shape index (κ3) is 5.25.